The Hall–Kier alpha value is -5.21. The maximum absolute atomic E-state index is 11.9. The molecule has 43 heavy (non-hydrogen) atoms. The van der Waals surface area contributed by atoms with Crippen LogP contribution in [0.3, 0.4) is 0 Å². The third-order valence-electron chi connectivity index (χ3n) is 5.06. The first-order valence-corrected chi connectivity index (χ1v) is 17.1. The molecule has 3 N–H and O–H groups in total. The van der Waals surface area contributed by atoms with E-state index >= 15 is 0 Å². The predicted molar refractivity (Wildman–Crippen MR) is 171 cm³/mol. The molecule has 0 atom stereocenters. The molecule has 0 radical (unpaired) electrons. The van der Waals surface area contributed by atoms with E-state index in [2.05, 4.69) is 35.7 Å². The molecule has 0 aliphatic carbocycles. The summed E-state index contributed by atoms with van der Waals surface area (Å²) in [4.78, 5) is 35.8. The van der Waals surface area contributed by atoms with Gasteiger partial charge < -0.3 is 0 Å². The number of rotatable bonds is 15. The van der Waals surface area contributed by atoms with Gasteiger partial charge in [-0.05, 0) is 0 Å². The fraction of sp³-hybridized carbons (Fsp3) is 0. The minimum atomic E-state index is -3.71. The molecule has 3 aromatic rings. The summed E-state index contributed by atoms with van der Waals surface area (Å²) in [5, 5.41) is 8.23. The molecule has 0 fully saturated rings. The van der Waals surface area contributed by atoms with E-state index in [1.165, 1.54) is 36.5 Å². The van der Waals surface area contributed by atoms with Crippen LogP contribution in [0.25, 0.3) is 0 Å². The zero-order valence-corrected chi connectivity index (χ0v) is 26.6. The average Bonchev–Trinajstić information content (AvgIpc) is 3.01. The number of hydrogen-bond donors (Lipinski definition) is 3. The van der Waals surface area contributed by atoms with Gasteiger partial charge in [-0.2, -0.15) is 0 Å². The SMILES string of the molecule is C=CC=CC(=O)Nc1ccc([O][Bi]([O]c2ccc(NC(=O)C=CC=C)cc2)[O]c2ccc(NC(=O)C=CC=C)cc2)cc1. The molecule has 0 aromatic heterocycles. The van der Waals surface area contributed by atoms with Crippen LogP contribution in [0, 0.1) is 0 Å². The molecule has 218 valence electrons. The van der Waals surface area contributed by atoms with Crippen molar-refractivity contribution in [1.82, 2.24) is 0 Å². The van der Waals surface area contributed by atoms with Crippen molar-refractivity contribution in [3.8, 4) is 17.2 Å². The summed E-state index contributed by atoms with van der Waals surface area (Å²) in [6.07, 6.45) is 13.3. The molecule has 0 saturated heterocycles. The third kappa shape index (κ3) is 12.1. The molecule has 0 aliphatic rings. The Bertz CT molecular complexity index is 1330. The molecule has 0 unspecified atom stereocenters. The van der Waals surface area contributed by atoms with Gasteiger partial charge in [0.1, 0.15) is 0 Å². The van der Waals surface area contributed by atoms with Crippen molar-refractivity contribution in [2.45, 2.75) is 0 Å². The second-order valence-electron chi connectivity index (χ2n) is 8.32. The van der Waals surface area contributed by atoms with Gasteiger partial charge in [0, 0.05) is 0 Å². The van der Waals surface area contributed by atoms with Gasteiger partial charge in [-0.1, -0.05) is 0 Å². The first-order valence-electron chi connectivity index (χ1n) is 12.8. The zero-order valence-electron chi connectivity index (χ0n) is 23.1. The van der Waals surface area contributed by atoms with Gasteiger partial charge in [0.15, 0.2) is 0 Å². The van der Waals surface area contributed by atoms with Crippen molar-refractivity contribution >= 4 is 57.9 Å². The Balaban J connectivity index is 1.73. The van der Waals surface area contributed by atoms with E-state index < -0.39 is 23.1 Å². The van der Waals surface area contributed by atoms with Gasteiger partial charge in [-0.3, -0.25) is 0 Å². The molecule has 3 aromatic carbocycles. The maximum atomic E-state index is 11.9. The Kier molecular flexibility index (Phi) is 13.2. The molecule has 3 rings (SSSR count). The van der Waals surface area contributed by atoms with Gasteiger partial charge in [-0.15, -0.1) is 0 Å². The van der Waals surface area contributed by atoms with Crippen LogP contribution in [-0.4, -0.2) is 40.8 Å². The Morgan fingerprint density at radius 2 is 0.744 bits per heavy atom. The molecular formula is C33H30BiN3O6. The molecule has 3 amide bonds. The monoisotopic (exact) mass is 773 g/mol. The van der Waals surface area contributed by atoms with E-state index in [0.717, 1.165) is 0 Å². The van der Waals surface area contributed by atoms with Crippen molar-refractivity contribution < 1.29 is 22.8 Å². The molecule has 0 bridgehead atoms. The van der Waals surface area contributed by atoms with E-state index in [1.807, 2.05) is 0 Å². The molecule has 9 nitrogen and oxygen atoms in total. The summed E-state index contributed by atoms with van der Waals surface area (Å²) in [6.45, 7) is 10.6. The molecule has 0 heterocycles. The molecule has 0 saturated carbocycles. The normalized spacial score (nSPS) is 10.8. The Labute approximate surface area is 260 Å². The number of carbonyl (C=O) groups is 3. The van der Waals surface area contributed by atoms with E-state index in [1.54, 1.807) is 91.0 Å². The standard InChI is InChI=1S/3C11H11NO2.Bi/c3*1-2-3-4-11(14)12-9-5-7-10(13)8-6-9;/h3*2-8,13H,1H2,(H,12,14);/q;;;+3/p-3. The van der Waals surface area contributed by atoms with Crippen LogP contribution in [-0.2, 0) is 14.4 Å². The number of hydrogen-bond acceptors (Lipinski definition) is 6. The summed E-state index contributed by atoms with van der Waals surface area (Å²) in [6, 6.07) is 20.4. The summed E-state index contributed by atoms with van der Waals surface area (Å²) < 4.78 is 18.5. The van der Waals surface area contributed by atoms with E-state index in [4.69, 9.17) is 8.44 Å². The van der Waals surface area contributed by atoms with E-state index in [0.29, 0.717) is 34.3 Å². The van der Waals surface area contributed by atoms with Crippen LogP contribution < -0.4 is 24.4 Å². The van der Waals surface area contributed by atoms with Crippen LogP contribution in [0.5, 0.6) is 17.2 Å². The fourth-order valence-corrected chi connectivity index (χ4v) is 6.99. The summed E-state index contributed by atoms with van der Waals surface area (Å²) in [5.41, 5.74) is 1.75. The quantitative estimate of drug-likeness (QED) is 0.0957. The Morgan fingerprint density at radius 1 is 0.488 bits per heavy atom. The minimum absolute atomic E-state index is 0.287. The number of allylic oxidation sites excluding steroid dienone is 6. The van der Waals surface area contributed by atoms with Crippen molar-refractivity contribution in [2.24, 2.45) is 0 Å². The Morgan fingerprint density at radius 3 is 0.977 bits per heavy atom. The second kappa shape index (κ2) is 17.6. The van der Waals surface area contributed by atoms with Crippen LogP contribution >= 0.6 is 0 Å². The van der Waals surface area contributed by atoms with E-state index in [9.17, 15) is 14.4 Å². The van der Waals surface area contributed by atoms with Gasteiger partial charge >= 0.3 is 261 Å². The van der Waals surface area contributed by atoms with Crippen molar-refractivity contribution in [1.29, 1.82) is 0 Å². The predicted octanol–water partition coefficient (Wildman–Crippen LogP) is 6.25. The molecule has 0 spiro atoms. The van der Waals surface area contributed by atoms with Gasteiger partial charge in [0.2, 0.25) is 0 Å². The topological polar surface area (TPSA) is 115 Å². The summed E-state index contributed by atoms with van der Waals surface area (Å²) in [7, 11) is 0. The van der Waals surface area contributed by atoms with Crippen molar-refractivity contribution in [3.05, 3.63) is 147 Å². The fourth-order valence-electron chi connectivity index (χ4n) is 3.13. The first kappa shape index (κ1) is 32.3. The number of amides is 3. The first-order chi connectivity index (χ1) is 20.9. The van der Waals surface area contributed by atoms with E-state index in [-0.39, 0.29) is 17.7 Å². The average molecular weight is 774 g/mol. The van der Waals surface area contributed by atoms with Crippen LogP contribution in [0.15, 0.2) is 147 Å². The summed E-state index contributed by atoms with van der Waals surface area (Å²) in [5.74, 6) is 0.619. The number of anilines is 3. The van der Waals surface area contributed by atoms with Crippen molar-refractivity contribution in [2.75, 3.05) is 16.0 Å². The summed E-state index contributed by atoms with van der Waals surface area (Å²) >= 11 is -3.71. The zero-order chi connectivity index (χ0) is 30.9. The van der Waals surface area contributed by atoms with Gasteiger partial charge in [0.05, 0.1) is 0 Å². The van der Waals surface area contributed by atoms with Crippen LogP contribution in [0.2, 0.25) is 0 Å². The van der Waals surface area contributed by atoms with Crippen LogP contribution in [0.1, 0.15) is 0 Å². The number of benzene rings is 3. The number of carbonyl (C=O) groups excluding carboxylic acids is 3. The van der Waals surface area contributed by atoms with Gasteiger partial charge in [0.25, 0.3) is 0 Å². The van der Waals surface area contributed by atoms with Crippen molar-refractivity contribution in [3.63, 3.8) is 0 Å². The number of nitrogens with one attached hydrogen (secondary N) is 3. The van der Waals surface area contributed by atoms with Gasteiger partial charge in [-0.25, -0.2) is 0 Å². The second-order valence-corrected chi connectivity index (χ2v) is 12.2. The molecule has 0 aliphatic heterocycles. The molecule has 10 heteroatoms. The molecular weight excluding hydrogens is 743 g/mol. The van der Waals surface area contributed by atoms with Crippen LogP contribution in [0.4, 0.5) is 17.1 Å². The third-order valence-corrected chi connectivity index (χ3v) is 9.25.